The standard InChI is InChI=1S/C14H14N6O2/c1-10(7-19-9-15-8-17-19)18-13(21)11-6-16-12-4-2-3-5-20(12)14(11)22/h2-6,8-10H,7H2,1H3,(H,18,21)/t10-/m1/s1. The third kappa shape index (κ3) is 2.71. The van der Waals surface area contributed by atoms with Crippen LogP contribution in [0.25, 0.3) is 5.65 Å². The second-order valence-electron chi connectivity index (χ2n) is 4.90. The van der Waals surface area contributed by atoms with Gasteiger partial charge in [0.15, 0.2) is 0 Å². The predicted molar refractivity (Wildman–Crippen MR) is 78.4 cm³/mol. The molecule has 0 saturated heterocycles. The van der Waals surface area contributed by atoms with Crippen LogP contribution in [0.5, 0.6) is 0 Å². The molecule has 22 heavy (non-hydrogen) atoms. The highest BCUT2D eigenvalue weighted by molar-refractivity contribution is 5.93. The highest BCUT2D eigenvalue weighted by Crippen LogP contribution is 1.98. The molecular formula is C14H14N6O2. The summed E-state index contributed by atoms with van der Waals surface area (Å²) in [5, 5.41) is 6.73. The van der Waals surface area contributed by atoms with Gasteiger partial charge in [0.2, 0.25) is 0 Å². The van der Waals surface area contributed by atoms with Crippen molar-refractivity contribution in [3.05, 3.63) is 59.2 Å². The summed E-state index contributed by atoms with van der Waals surface area (Å²) in [5.41, 5.74) is 0.116. The largest absolute Gasteiger partial charge is 0.347 e. The Morgan fingerprint density at radius 2 is 2.27 bits per heavy atom. The quantitative estimate of drug-likeness (QED) is 0.737. The van der Waals surface area contributed by atoms with Gasteiger partial charge in [-0.15, -0.1) is 0 Å². The van der Waals surface area contributed by atoms with Gasteiger partial charge in [-0.1, -0.05) is 6.07 Å². The summed E-state index contributed by atoms with van der Waals surface area (Å²) < 4.78 is 2.95. The minimum Gasteiger partial charge on any atom is -0.347 e. The van der Waals surface area contributed by atoms with Crippen molar-refractivity contribution in [3.8, 4) is 0 Å². The van der Waals surface area contributed by atoms with Crippen molar-refractivity contribution in [2.24, 2.45) is 0 Å². The highest BCUT2D eigenvalue weighted by atomic mass is 16.2. The van der Waals surface area contributed by atoms with Gasteiger partial charge in [-0.3, -0.25) is 18.7 Å². The van der Waals surface area contributed by atoms with Crippen LogP contribution in [0.1, 0.15) is 17.3 Å². The Bertz CT molecular complexity index is 855. The van der Waals surface area contributed by atoms with Gasteiger partial charge in [-0.2, -0.15) is 5.10 Å². The summed E-state index contributed by atoms with van der Waals surface area (Å²) in [7, 11) is 0. The SMILES string of the molecule is C[C@H](Cn1cncn1)NC(=O)c1cnc2ccccn2c1=O. The molecule has 8 heteroatoms. The van der Waals surface area contributed by atoms with Gasteiger partial charge < -0.3 is 5.32 Å². The molecule has 0 aliphatic carbocycles. The topological polar surface area (TPSA) is 94.2 Å². The lowest BCUT2D eigenvalue weighted by Crippen LogP contribution is -2.39. The van der Waals surface area contributed by atoms with Gasteiger partial charge in [0.05, 0.1) is 6.54 Å². The zero-order valence-electron chi connectivity index (χ0n) is 11.9. The van der Waals surface area contributed by atoms with Crippen LogP contribution in [0.3, 0.4) is 0 Å². The lowest BCUT2D eigenvalue weighted by atomic mass is 10.2. The van der Waals surface area contributed by atoms with Gasteiger partial charge >= 0.3 is 0 Å². The molecule has 0 radical (unpaired) electrons. The maximum atomic E-state index is 12.3. The number of aromatic nitrogens is 5. The second kappa shape index (κ2) is 5.76. The first-order chi connectivity index (χ1) is 10.6. The summed E-state index contributed by atoms with van der Waals surface area (Å²) in [6.45, 7) is 2.29. The van der Waals surface area contributed by atoms with E-state index in [0.717, 1.165) is 0 Å². The highest BCUT2D eigenvalue weighted by Gasteiger charge is 2.15. The van der Waals surface area contributed by atoms with E-state index in [0.29, 0.717) is 12.2 Å². The van der Waals surface area contributed by atoms with E-state index in [2.05, 4.69) is 20.4 Å². The third-order valence-electron chi connectivity index (χ3n) is 3.16. The molecule has 8 nitrogen and oxygen atoms in total. The van der Waals surface area contributed by atoms with Crippen molar-refractivity contribution >= 4 is 11.6 Å². The lowest BCUT2D eigenvalue weighted by Gasteiger charge is -2.13. The average Bonchev–Trinajstić information content (AvgIpc) is 3.00. The number of nitrogens with zero attached hydrogens (tertiary/aromatic N) is 5. The Morgan fingerprint density at radius 1 is 1.41 bits per heavy atom. The number of carbonyl (C=O) groups excluding carboxylic acids is 1. The molecule has 0 aliphatic rings. The number of hydrogen-bond acceptors (Lipinski definition) is 5. The van der Waals surface area contributed by atoms with E-state index in [-0.39, 0.29) is 11.6 Å². The predicted octanol–water partition coefficient (Wildman–Crippen LogP) is 0.104. The van der Waals surface area contributed by atoms with Gasteiger partial charge in [0.25, 0.3) is 11.5 Å². The fraction of sp³-hybridized carbons (Fsp3) is 0.214. The monoisotopic (exact) mass is 298 g/mol. The van der Waals surface area contributed by atoms with Crippen LogP contribution in [0, 0.1) is 0 Å². The zero-order valence-corrected chi connectivity index (χ0v) is 11.9. The average molecular weight is 298 g/mol. The molecule has 3 rings (SSSR count). The van der Waals surface area contributed by atoms with Crippen LogP contribution >= 0.6 is 0 Å². The molecule has 3 aromatic rings. The van der Waals surface area contributed by atoms with Gasteiger partial charge in [0.1, 0.15) is 23.9 Å². The number of carbonyl (C=O) groups is 1. The number of hydrogen-bond donors (Lipinski definition) is 1. The Balaban J connectivity index is 1.80. The molecule has 1 N–H and O–H groups in total. The summed E-state index contributed by atoms with van der Waals surface area (Å²) in [6, 6.07) is 4.99. The number of fused-ring (bicyclic) bond motifs is 1. The van der Waals surface area contributed by atoms with Crippen LogP contribution in [-0.2, 0) is 6.54 Å². The molecule has 3 heterocycles. The summed E-state index contributed by atoms with van der Waals surface area (Å²) in [6.07, 6.45) is 5.87. The van der Waals surface area contributed by atoms with Gasteiger partial charge in [-0.05, 0) is 19.1 Å². The minimum absolute atomic E-state index is 0.00846. The Hall–Kier alpha value is -3.03. The molecule has 0 unspecified atom stereocenters. The minimum atomic E-state index is -0.455. The van der Waals surface area contributed by atoms with E-state index < -0.39 is 11.5 Å². The third-order valence-corrected chi connectivity index (χ3v) is 3.16. The van der Waals surface area contributed by atoms with Crippen LogP contribution in [0.15, 0.2) is 48.0 Å². The Labute approximate surface area is 125 Å². The number of pyridine rings is 1. The second-order valence-corrected chi connectivity index (χ2v) is 4.90. The molecule has 0 aromatic carbocycles. The molecule has 0 bridgehead atoms. The summed E-state index contributed by atoms with van der Waals surface area (Å²) in [5.74, 6) is -0.455. The summed E-state index contributed by atoms with van der Waals surface area (Å²) >= 11 is 0. The zero-order chi connectivity index (χ0) is 15.5. The number of rotatable bonds is 4. The van der Waals surface area contributed by atoms with Crippen molar-refractivity contribution in [2.75, 3.05) is 0 Å². The Kier molecular flexibility index (Phi) is 3.65. The molecule has 112 valence electrons. The molecule has 0 saturated carbocycles. The molecule has 0 aliphatic heterocycles. The van der Waals surface area contributed by atoms with Gasteiger partial charge in [-0.25, -0.2) is 9.97 Å². The van der Waals surface area contributed by atoms with E-state index in [1.807, 2.05) is 6.92 Å². The van der Waals surface area contributed by atoms with Crippen molar-refractivity contribution in [1.82, 2.24) is 29.5 Å². The molecule has 0 spiro atoms. The smallest absolute Gasteiger partial charge is 0.270 e. The molecule has 3 aromatic heterocycles. The fourth-order valence-corrected chi connectivity index (χ4v) is 2.14. The van der Waals surface area contributed by atoms with Gasteiger partial charge in [0, 0.05) is 18.4 Å². The normalized spacial score (nSPS) is 12.2. The van der Waals surface area contributed by atoms with E-state index in [1.165, 1.54) is 16.9 Å². The first kappa shape index (κ1) is 13.9. The molecule has 1 amide bonds. The maximum absolute atomic E-state index is 12.3. The van der Waals surface area contributed by atoms with Crippen LogP contribution in [-0.4, -0.2) is 36.1 Å². The van der Waals surface area contributed by atoms with E-state index in [4.69, 9.17) is 0 Å². The molecule has 0 fully saturated rings. The van der Waals surface area contributed by atoms with Crippen molar-refractivity contribution < 1.29 is 4.79 Å². The Morgan fingerprint density at radius 3 is 3.05 bits per heavy atom. The summed E-state index contributed by atoms with van der Waals surface area (Å²) in [4.78, 5) is 32.5. The molecule has 1 atom stereocenters. The van der Waals surface area contributed by atoms with Crippen LogP contribution in [0.2, 0.25) is 0 Å². The fourth-order valence-electron chi connectivity index (χ4n) is 2.14. The van der Waals surface area contributed by atoms with Crippen molar-refractivity contribution in [2.45, 2.75) is 19.5 Å². The number of amides is 1. The van der Waals surface area contributed by atoms with E-state index >= 15 is 0 Å². The van der Waals surface area contributed by atoms with Crippen LogP contribution in [0.4, 0.5) is 0 Å². The first-order valence-electron chi connectivity index (χ1n) is 6.75. The van der Waals surface area contributed by atoms with E-state index in [9.17, 15) is 9.59 Å². The maximum Gasteiger partial charge on any atom is 0.270 e. The van der Waals surface area contributed by atoms with Crippen molar-refractivity contribution in [3.63, 3.8) is 0 Å². The molecular weight excluding hydrogens is 284 g/mol. The lowest BCUT2D eigenvalue weighted by molar-refractivity contribution is 0.0934. The first-order valence-corrected chi connectivity index (χ1v) is 6.75. The van der Waals surface area contributed by atoms with Crippen molar-refractivity contribution in [1.29, 1.82) is 0 Å². The van der Waals surface area contributed by atoms with Crippen LogP contribution < -0.4 is 10.9 Å². The number of nitrogens with one attached hydrogen (secondary N) is 1. The van der Waals surface area contributed by atoms with E-state index in [1.54, 1.807) is 35.4 Å².